The van der Waals surface area contributed by atoms with Gasteiger partial charge in [0, 0.05) is 64.2 Å². The molecule has 3 aliphatic heterocycles. The minimum atomic E-state index is -2.59. The summed E-state index contributed by atoms with van der Waals surface area (Å²) in [4.78, 5) is 31.8. The number of ether oxygens (including phenoxy) is 2. The number of aryl methyl sites for hydroxylation is 1. The number of aliphatic hydroxyl groups is 1. The van der Waals surface area contributed by atoms with E-state index in [2.05, 4.69) is 11.0 Å². The number of likely N-dealkylation sites (tertiary alicyclic amines) is 1. The molecule has 1 saturated heterocycles. The number of carbonyl (C=O) groups excluding carboxylic acids is 1. The second-order valence-electron chi connectivity index (χ2n) is 14.7. The van der Waals surface area contributed by atoms with E-state index in [1.54, 1.807) is 25.2 Å². The molecule has 2 aromatic rings. The van der Waals surface area contributed by atoms with Crippen LogP contribution in [0.5, 0.6) is 5.75 Å². The number of piperidine rings is 1. The Balaban J connectivity index is 1.30. The summed E-state index contributed by atoms with van der Waals surface area (Å²) in [5, 5.41) is 22.7. The van der Waals surface area contributed by atoms with Crippen molar-refractivity contribution in [3.8, 4) is 5.75 Å². The number of carboxylic acid groups (broad SMARTS) is 1. The Morgan fingerprint density at radius 2 is 1.86 bits per heavy atom. The zero-order valence-electron chi connectivity index (χ0n) is 29.4. The van der Waals surface area contributed by atoms with Crippen LogP contribution in [0.2, 0.25) is 5.02 Å². The molecule has 0 radical (unpaired) electrons. The number of anilines is 1. The Bertz CT molecular complexity index is 1580. The fraction of sp³-hybridized carbons (Fsp3) is 0.590. The summed E-state index contributed by atoms with van der Waals surface area (Å²) in [7, 11) is 1.61. The number of aliphatic carboxylic acids is 1. The van der Waals surface area contributed by atoms with E-state index in [-0.39, 0.29) is 36.3 Å². The highest BCUT2D eigenvalue weighted by Gasteiger charge is 2.43. The molecule has 1 amide bonds. The van der Waals surface area contributed by atoms with Crippen molar-refractivity contribution >= 4 is 29.2 Å². The van der Waals surface area contributed by atoms with Crippen molar-refractivity contribution in [2.24, 2.45) is 11.8 Å². The maximum absolute atomic E-state index is 13.7. The number of halogens is 3. The van der Waals surface area contributed by atoms with Gasteiger partial charge in [0.25, 0.3) is 5.92 Å². The molecule has 0 aromatic heterocycles. The van der Waals surface area contributed by atoms with Crippen molar-refractivity contribution in [3.63, 3.8) is 0 Å². The highest BCUT2D eigenvalue weighted by molar-refractivity contribution is 6.30. The van der Waals surface area contributed by atoms with Crippen molar-refractivity contribution in [1.82, 2.24) is 9.80 Å². The van der Waals surface area contributed by atoms with E-state index in [0.717, 1.165) is 43.2 Å². The van der Waals surface area contributed by atoms with Crippen LogP contribution in [0.25, 0.3) is 0 Å². The zero-order chi connectivity index (χ0) is 36.2. The number of nitrogens with zero attached hydrogens (tertiary/aromatic N) is 3. The summed E-state index contributed by atoms with van der Waals surface area (Å²) in [6.45, 7) is 3.72. The minimum absolute atomic E-state index is 0.125. The number of alkyl halides is 2. The first-order valence-electron chi connectivity index (χ1n) is 18.3. The van der Waals surface area contributed by atoms with Gasteiger partial charge in [-0.1, -0.05) is 35.9 Å². The quantitative estimate of drug-likeness (QED) is 0.347. The number of amides is 1. The van der Waals surface area contributed by atoms with Crippen LogP contribution in [-0.4, -0.2) is 96.8 Å². The summed E-state index contributed by atoms with van der Waals surface area (Å²) >= 11 is 6.36. The molecule has 6 rings (SSSR count). The molecule has 4 aliphatic rings. The average Bonchev–Trinajstić information content (AvgIpc) is 3.11. The lowest BCUT2D eigenvalue weighted by atomic mass is 9.70. The first-order chi connectivity index (χ1) is 24.4. The Hall–Kier alpha value is -3.25. The molecule has 3 heterocycles. The van der Waals surface area contributed by atoms with Crippen molar-refractivity contribution in [2.75, 3.05) is 57.8 Å². The van der Waals surface area contributed by atoms with Crippen molar-refractivity contribution in [1.29, 1.82) is 0 Å². The van der Waals surface area contributed by atoms with E-state index < -0.39 is 29.8 Å². The molecule has 2 aromatic carbocycles. The Morgan fingerprint density at radius 1 is 1.06 bits per heavy atom. The molecule has 278 valence electrons. The van der Waals surface area contributed by atoms with Crippen LogP contribution >= 0.6 is 11.6 Å². The Kier molecular flexibility index (Phi) is 11.9. The number of carboxylic acids is 1. The molecule has 2 fully saturated rings. The van der Waals surface area contributed by atoms with E-state index >= 15 is 0 Å². The van der Waals surface area contributed by atoms with Gasteiger partial charge in [-0.3, -0.25) is 4.79 Å². The smallest absolute Gasteiger partial charge is 0.340 e. The van der Waals surface area contributed by atoms with E-state index in [4.69, 9.17) is 21.1 Å². The molecule has 0 spiro atoms. The van der Waals surface area contributed by atoms with Crippen LogP contribution in [0.1, 0.15) is 68.1 Å². The average molecular weight is 730 g/mol. The van der Waals surface area contributed by atoms with Crippen LogP contribution in [0.3, 0.4) is 0 Å². The van der Waals surface area contributed by atoms with Crippen LogP contribution < -0.4 is 9.64 Å². The van der Waals surface area contributed by atoms with Crippen LogP contribution in [0.15, 0.2) is 48.6 Å². The second kappa shape index (κ2) is 16.2. The summed E-state index contributed by atoms with van der Waals surface area (Å²) in [5.74, 6) is -3.52. The lowest BCUT2D eigenvalue weighted by Crippen LogP contribution is -2.45. The highest BCUT2D eigenvalue weighted by Crippen LogP contribution is 2.43. The molecule has 1 aliphatic carbocycles. The van der Waals surface area contributed by atoms with E-state index in [1.807, 2.05) is 29.2 Å². The van der Waals surface area contributed by atoms with Crippen molar-refractivity contribution < 1.29 is 38.1 Å². The molecule has 9 nitrogen and oxygen atoms in total. The number of benzene rings is 2. The molecule has 2 N–H and O–H groups in total. The Labute approximate surface area is 304 Å². The molecule has 51 heavy (non-hydrogen) atoms. The lowest BCUT2D eigenvalue weighted by molar-refractivity contribution is -0.164. The third-order valence-corrected chi connectivity index (χ3v) is 11.5. The molecule has 12 heteroatoms. The molecule has 4 atom stereocenters. The van der Waals surface area contributed by atoms with Crippen LogP contribution in [0, 0.1) is 11.8 Å². The summed E-state index contributed by atoms with van der Waals surface area (Å²) in [6.07, 6.45) is 8.13. The number of rotatable bonds is 5. The number of carbonyl (C=O) groups is 2. The minimum Gasteiger partial charge on any atom is -0.487 e. The standard InChI is InChI=1S/C39H50ClF2N3O6/c1-43-16-4-3-7-34(50-21-20-44-18-14-38(41,42)15-19-44)32-12-9-28(32)25-45-17-5-2-6-27-22-31(40)11-8-29(27)26-51-35-13-10-30(23-33(35)45)39(49,37(47)48)24-36(43)46/h3,7-8,10-11,13,22-23,28,32,34,49H,2,4-6,9,12,14-21,24-26H2,1H3,(H,47,48)/b7-3+/t28-,32+,34-,39+/m0/s1. The van der Waals surface area contributed by atoms with Crippen molar-refractivity contribution in [2.45, 2.75) is 82.0 Å². The molecular formula is C39H50ClF2N3O6. The number of hydrogen-bond donors (Lipinski definition) is 2. The summed E-state index contributed by atoms with van der Waals surface area (Å²) in [5.41, 5.74) is 0.526. The summed E-state index contributed by atoms with van der Waals surface area (Å²) in [6, 6.07) is 10.8. The SMILES string of the molecule is CN1CC/C=C/[C@H](OCCN2CCC(F)(F)CC2)[C@@H]2CC[C@H]2CN2CCCCc3cc(Cl)ccc3COc3ccc(cc32)[C@@](O)(C(=O)O)CC1=O. The molecule has 2 bridgehead atoms. The first kappa shape index (κ1) is 37.5. The lowest BCUT2D eigenvalue weighted by Gasteiger charge is -2.44. The first-order valence-corrected chi connectivity index (χ1v) is 18.7. The van der Waals surface area contributed by atoms with E-state index in [1.165, 1.54) is 4.90 Å². The van der Waals surface area contributed by atoms with Gasteiger partial charge in [0.2, 0.25) is 5.91 Å². The van der Waals surface area contributed by atoms with Gasteiger partial charge in [0.1, 0.15) is 12.4 Å². The number of hydrogen-bond acceptors (Lipinski definition) is 7. The molecule has 0 unspecified atom stereocenters. The maximum Gasteiger partial charge on any atom is 0.340 e. The van der Waals surface area contributed by atoms with Crippen LogP contribution in [-0.2, 0) is 33.0 Å². The second-order valence-corrected chi connectivity index (χ2v) is 15.1. The molecular weight excluding hydrogens is 680 g/mol. The van der Waals surface area contributed by atoms with Gasteiger partial charge in [-0.15, -0.1) is 0 Å². The van der Waals surface area contributed by atoms with Gasteiger partial charge in [-0.25, -0.2) is 13.6 Å². The van der Waals surface area contributed by atoms with Gasteiger partial charge >= 0.3 is 5.97 Å². The van der Waals surface area contributed by atoms with Crippen LogP contribution in [0.4, 0.5) is 14.5 Å². The zero-order valence-corrected chi connectivity index (χ0v) is 30.1. The predicted octanol–water partition coefficient (Wildman–Crippen LogP) is 6.28. The third kappa shape index (κ3) is 9.04. The number of fused-ring (bicyclic) bond motifs is 3. The fourth-order valence-electron chi connectivity index (χ4n) is 7.75. The normalized spacial score (nSPS) is 28.3. The van der Waals surface area contributed by atoms with Gasteiger partial charge in [-0.05, 0) is 91.3 Å². The monoisotopic (exact) mass is 729 g/mol. The predicted molar refractivity (Wildman–Crippen MR) is 191 cm³/mol. The third-order valence-electron chi connectivity index (χ3n) is 11.3. The largest absolute Gasteiger partial charge is 0.487 e. The summed E-state index contributed by atoms with van der Waals surface area (Å²) < 4.78 is 40.5. The van der Waals surface area contributed by atoms with Gasteiger partial charge in [0.05, 0.1) is 24.8 Å². The van der Waals surface area contributed by atoms with Gasteiger partial charge in [0.15, 0.2) is 5.60 Å². The van der Waals surface area contributed by atoms with Gasteiger partial charge < -0.3 is 34.4 Å². The fourth-order valence-corrected chi connectivity index (χ4v) is 7.95. The topological polar surface area (TPSA) is 103 Å². The van der Waals surface area contributed by atoms with E-state index in [0.29, 0.717) is 75.4 Å². The maximum atomic E-state index is 13.7. The van der Waals surface area contributed by atoms with E-state index in [9.17, 15) is 28.6 Å². The highest BCUT2D eigenvalue weighted by atomic mass is 35.5. The molecule has 1 saturated carbocycles. The Morgan fingerprint density at radius 3 is 2.61 bits per heavy atom. The van der Waals surface area contributed by atoms with Gasteiger partial charge in [-0.2, -0.15) is 0 Å². The van der Waals surface area contributed by atoms with Crippen molar-refractivity contribution in [3.05, 3.63) is 70.3 Å².